The van der Waals surface area contributed by atoms with Crippen LogP contribution in [0.5, 0.6) is 0 Å². The van der Waals surface area contributed by atoms with E-state index < -0.39 is 145 Å². The Hall–Kier alpha value is -13.9. The molecule has 7 rings (SSSR count). The Morgan fingerprint density at radius 2 is 0.888 bits per heavy atom. The molecule has 9 amide bonds. The van der Waals surface area contributed by atoms with Gasteiger partial charge in [0.25, 0.3) is 5.91 Å². The number of esters is 2. The van der Waals surface area contributed by atoms with Gasteiger partial charge in [0, 0.05) is 67.8 Å². The lowest BCUT2D eigenvalue weighted by molar-refractivity contribution is -0.145. The second-order valence-corrected chi connectivity index (χ2v) is 40.8. The van der Waals surface area contributed by atoms with Gasteiger partial charge in [-0.1, -0.05) is 102 Å². The number of ketones is 2. The van der Waals surface area contributed by atoms with Gasteiger partial charge in [-0.3, -0.25) is 60.2 Å². The second kappa shape index (κ2) is 58.5. The van der Waals surface area contributed by atoms with E-state index in [-0.39, 0.29) is 143 Å². The number of aromatic carboxylic acids is 1. The van der Waals surface area contributed by atoms with Crippen LogP contribution < -0.4 is 65.1 Å². The molecule has 0 aromatic heterocycles. The number of Topliss-reactive ketones (excluding diaryl/α,β-unsaturated/α-hetero) is 2. The summed E-state index contributed by atoms with van der Waals surface area (Å²) in [5.41, 5.74) is 15.1. The SMILES string of the molecule is CCCCCCCC(=O)Nc1cc(CC(=N)N)cc(C(=O)NCC(=O)CC[C@H](NC(=O)[C@@H]2CCCN2S(=O)(=O)c2ccccc2)C(=O)O)c1.CCCCCCCC(=O)Nc1cc(N=C(NC(=O)OC(C)(C)C)NC(=O)OC(C)(C)C)cc(C(=O)O)c1.COC(=O)[C@H](CCC(=O)CN)NC(=O)[C@@H]1CCCN1S(=O)(=O)c1ccccc1.COC(=O)c1cc(N)cc(N=C(NC(=O)OC(C)(C)C)NC(=O)OC(C)(C)C)c1. The number of amides is 9. The molecule has 0 unspecified atom stereocenters. The molecule has 0 aliphatic carbocycles. The number of aliphatic imine (C=N–C) groups is 2. The molecule has 44 nitrogen and oxygen atoms in total. The number of carbonyl (C=O) groups is 15. The number of carboxylic acid groups (broad SMARTS) is 2. The molecule has 143 heavy (non-hydrogen) atoms. The molecule has 5 aromatic rings. The van der Waals surface area contributed by atoms with Crippen LogP contribution in [0.3, 0.4) is 0 Å². The van der Waals surface area contributed by atoms with Crippen molar-refractivity contribution in [1.29, 1.82) is 5.41 Å². The minimum atomic E-state index is -3.98. The maximum absolute atomic E-state index is 13.1. The lowest BCUT2D eigenvalue weighted by Gasteiger charge is -2.25. The molecular formula is C97H139N17O27S2. The van der Waals surface area contributed by atoms with Crippen molar-refractivity contribution in [2.75, 3.05) is 56.8 Å². The summed E-state index contributed by atoms with van der Waals surface area (Å²) in [6, 6.07) is 23.8. The Bertz CT molecular complexity index is 5480. The Morgan fingerprint density at radius 3 is 1.29 bits per heavy atom. The fraction of sp³-hybridized carbons (Fsp3) is 0.505. The molecule has 2 heterocycles. The van der Waals surface area contributed by atoms with Crippen LogP contribution in [0.1, 0.15) is 262 Å². The predicted molar refractivity (Wildman–Crippen MR) is 533 cm³/mol. The minimum absolute atomic E-state index is 0.00718. The average Bonchev–Trinajstić information content (AvgIpc) is 1.68. The molecule has 46 heteroatoms. The molecule has 18 N–H and O–H groups in total. The molecule has 786 valence electrons. The highest BCUT2D eigenvalue weighted by Gasteiger charge is 2.43. The van der Waals surface area contributed by atoms with Gasteiger partial charge in [0.05, 0.1) is 65.4 Å². The fourth-order valence-electron chi connectivity index (χ4n) is 13.6. The van der Waals surface area contributed by atoms with E-state index in [2.05, 4.69) is 81.2 Å². The van der Waals surface area contributed by atoms with Crippen LogP contribution in [0, 0.1) is 5.41 Å². The number of methoxy groups -OCH3 is 2. The Kier molecular flexibility index (Phi) is 49.7. The highest BCUT2D eigenvalue weighted by atomic mass is 32.2. The quantitative estimate of drug-likeness (QED) is 0.00432. The zero-order valence-corrected chi connectivity index (χ0v) is 85.5. The van der Waals surface area contributed by atoms with Crippen LogP contribution in [0.25, 0.3) is 0 Å². The van der Waals surface area contributed by atoms with E-state index in [4.69, 9.17) is 41.6 Å². The van der Waals surface area contributed by atoms with Gasteiger partial charge in [0.1, 0.15) is 52.4 Å². The first kappa shape index (κ1) is 121. The minimum Gasteiger partial charge on any atom is -0.480 e. The van der Waals surface area contributed by atoms with Gasteiger partial charge in [-0.15, -0.1) is 0 Å². The van der Waals surface area contributed by atoms with Crippen LogP contribution in [0.2, 0.25) is 0 Å². The maximum Gasteiger partial charge on any atom is 0.414 e. The van der Waals surface area contributed by atoms with E-state index in [1.165, 1.54) is 87.0 Å². The van der Waals surface area contributed by atoms with Crippen molar-refractivity contribution in [2.24, 2.45) is 21.5 Å². The summed E-state index contributed by atoms with van der Waals surface area (Å²) in [5.74, 6) is -7.91. The Balaban J connectivity index is 0.000000408. The molecule has 5 aromatic carbocycles. The number of unbranched alkanes of at least 4 members (excludes halogenated alkanes) is 8. The summed E-state index contributed by atoms with van der Waals surface area (Å²) in [7, 11) is -5.42. The largest absolute Gasteiger partial charge is 0.480 e. The van der Waals surface area contributed by atoms with Gasteiger partial charge in [0.15, 0.2) is 5.78 Å². The third-order valence-electron chi connectivity index (χ3n) is 19.9. The van der Waals surface area contributed by atoms with Crippen molar-refractivity contribution < 1.29 is 127 Å². The third-order valence-corrected chi connectivity index (χ3v) is 23.8. The number of nitrogen functional groups attached to an aromatic ring is 1. The third kappa shape index (κ3) is 46.6. The molecular weight excluding hydrogens is 1900 g/mol. The van der Waals surface area contributed by atoms with Gasteiger partial charge >= 0.3 is 48.3 Å². The highest BCUT2D eigenvalue weighted by molar-refractivity contribution is 7.89. The van der Waals surface area contributed by atoms with Crippen molar-refractivity contribution in [2.45, 2.75) is 288 Å². The summed E-state index contributed by atoms with van der Waals surface area (Å²) < 4.78 is 84.3. The van der Waals surface area contributed by atoms with Crippen molar-refractivity contribution in [3.05, 3.63) is 138 Å². The number of nitrogens with two attached hydrogens (primary N) is 3. The number of carbonyl (C=O) groups excluding carboxylic acids is 13. The van der Waals surface area contributed by atoms with E-state index in [1.807, 2.05) is 0 Å². The van der Waals surface area contributed by atoms with Gasteiger partial charge < -0.3 is 82.4 Å². The van der Waals surface area contributed by atoms with E-state index in [0.29, 0.717) is 43.4 Å². The number of hydrogen-bond donors (Lipinski definition) is 15. The summed E-state index contributed by atoms with van der Waals surface area (Å²) >= 11 is 0. The second-order valence-electron chi connectivity index (χ2n) is 37.1. The van der Waals surface area contributed by atoms with Crippen molar-refractivity contribution in [3.8, 4) is 0 Å². The molecule has 2 aliphatic rings. The summed E-state index contributed by atoms with van der Waals surface area (Å²) in [5, 5.41) is 49.1. The number of hydrogen-bond acceptors (Lipinski definition) is 30. The smallest absolute Gasteiger partial charge is 0.414 e. The lowest BCUT2D eigenvalue weighted by Crippen LogP contribution is -2.51. The van der Waals surface area contributed by atoms with E-state index >= 15 is 0 Å². The number of guanidine groups is 2. The molecule has 2 fully saturated rings. The zero-order valence-electron chi connectivity index (χ0n) is 83.9. The van der Waals surface area contributed by atoms with Gasteiger partial charge in [-0.2, -0.15) is 8.61 Å². The highest BCUT2D eigenvalue weighted by Crippen LogP contribution is 2.31. The van der Waals surface area contributed by atoms with Gasteiger partial charge in [-0.25, -0.2) is 65.2 Å². The number of aliphatic carboxylic acids is 1. The molecule has 0 saturated carbocycles. The first-order valence-corrected chi connectivity index (χ1v) is 49.4. The van der Waals surface area contributed by atoms with Gasteiger partial charge in [-0.05, 0) is 219 Å². The first-order valence-electron chi connectivity index (χ1n) is 46.6. The van der Waals surface area contributed by atoms with Crippen LogP contribution in [0.4, 0.5) is 47.6 Å². The fourth-order valence-corrected chi connectivity index (χ4v) is 16.9. The van der Waals surface area contributed by atoms with Crippen molar-refractivity contribution >= 4 is 156 Å². The van der Waals surface area contributed by atoms with Gasteiger partial charge in [0.2, 0.25) is 55.6 Å². The summed E-state index contributed by atoms with van der Waals surface area (Å²) in [4.78, 5) is 192. The van der Waals surface area contributed by atoms with Crippen LogP contribution >= 0.6 is 0 Å². The normalized spacial score (nSPS) is 14.0. The van der Waals surface area contributed by atoms with Crippen LogP contribution in [0.15, 0.2) is 135 Å². The summed E-state index contributed by atoms with van der Waals surface area (Å²) in [6.45, 7) is 24.1. The number of benzene rings is 5. The van der Waals surface area contributed by atoms with Crippen molar-refractivity contribution in [1.82, 2.24) is 45.8 Å². The average molecular weight is 2040 g/mol. The van der Waals surface area contributed by atoms with E-state index in [0.717, 1.165) is 72.8 Å². The van der Waals surface area contributed by atoms with Crippen LogP contribution in [-0.2, 0) is 93.2 Å². The zero-order chi connectivity index (χ0) is 107. The molecule has 4 atom stereocenters. The number of anilines is 3. The molecule has 0 bridgehead atoms. The molecule has 0 spiro atoms. The number of rotatable bonds is 40. The first-order chi connectivity index (χ1) is 66.9. The standard InChI is InChI=1S/C34H46N6O8S.C26H40N4O7.C19H28N4O6.C18H25N3O6S/c1-2-3-4-5-9-14-31(42)38-25-19-23(20-30(35)36)18-24(21-25)32(43)37-22-26(41)15-16-28(34(45)46)39-33(44)29-13-10-17-40(29)49(47,48)27-11-7-6-8-12-27;1-8-9-10-11-12-13-20(31)27-18-14-17(21(32)33)15-19(16-18)28-22(29-23(34)36-25(2,3)4)30-24(35)37-26(5,6)7;1-18(2,3)28-16(25)22-15(23-17(26)29-19(4,5)6)21-13-9-11(14(24)27-7)8-12(20)10-13;1-27-18(24)15(10-9-13(22)12-19)20-17(23)16-8-5-11-21(16)28(25,26)14-6-3-2-4-7-14/h6-8,11-12,18-19,21,28-29H,2-5,9-10,13-17,20,22H2,1H3,(H3,35,36)(H,37,43)(H,38,42)(H,39,44)(H,45,46);14-16H,8-13H2,1-7H3,(H,27,31)(H,32,33)(H2,28,29,30,34,35);8-10H,20H2,1-7H3,(H2,21,22,23,25,26);2-4,6-7,15-16H,5,8-12,19H2,1H3,(H,20,23)/t28-,29-;;;15-,16-/m0..0/s1. The molecule has 0 radical (unpaired) electrons. The number of alkyl carbamates (subject to hydrolysis) is 4. The van der Waals surface area contributed by atoms with Crippen LogP contribution in [-0.4, -0.2) is 230 Å². The number of nitrogens with zero attached hydrogens (tertiary/aromatic N) is 4. The van der Waals surface area contributed by atoms with Crippen molar-refractivity contribution in [3.63, 3.8) is 0 Å². The number of nitrogens with one attached hydrogen (secondary N) is 10. The summed E-state index contributed by atoms with van der Waals surface area (Å²) in [6.07, 6.45) is 7.99. The molecule has 2 saturated heterocycles. The maximum atomic E-state index is 13.1. The topological polar surface area (TPSA) is 662 Å². The Morgan fingerprint density at radius 1 is 0.490 bits per heavy atom. The lowest BCUT2D eigenvalue weighted by atomic mass is 10.0. The monoisotopic (exact) mass is 2040 g/mol. The van der Waals surface area contributed by atoms with E-state index in [1.54, 1.807) is 126 Å². The molecule has 2 aliphatic heterocycles. The number of carboxylic acids is 2. The number of amidine groups is 1. The Labute approximate surface area is 833 Å². The number of ether oxygens (including phenoxy) is 6. The number of sulfonamides is 2. The predicted octanol–water partition coefficient (Wildman–Crippen LogP) is 11.6. The van der Waals surface area contributed by atoms with E-state index in [9.17, 15) is 99.0 Å².